The topological polar surface area (TPSA) is 34.5 Å². The lowest BCUT2D eigenvalue weighted by molar-refractivity contribution is -0.135. The summed E-state index contributed by atoms with van der Waals surface area (Å²) in [7, 11) is 2.09. The van der Waals surface area contributed by atoms with Gasteiger partial charge < -0.3 is 14.2 Å². The third-order valence-electron chi connectivity index (χ3n) is 4.91. The van der Waals surface area contributed by atoms with Crippen LogP contribution in [0.15, 0.2) is 30.5 Å². The van der Waals surface area contributed by atoms with Gasteiger partial charge in [0.25, 0.3) is 0 Å². The molecule has 1 aromatic heterocycles. The van der Waals surface area contributed by atoms with Gasteiger partial charge in [0.05, 0.1) is 13.2 Å². The second kappa shape index (κ2) is 7.39. The van der Waals surface area contributed by atoms with Crippen molar-refractivity contribution in [2.75, 3.05) is 26.3 Å². The molecule has 1 aliphatic rings. The zero-order valence-corrected chi connectivity index (χ0v) is 15.0. The molecule has 24 heavy (non-hydrogen) atoms. The monoisotopic (exact) mass is 328 g/mol. The van der Waals surface area contributed by atoms with Crippen molar-refractivity contribution in [1.29, 1.82) is 0 Å². The molecule has 0 radical (unpaired) electrons. The van der Waals surface area contributed by atoms with Gasteiger partial charge in [-0.3, -0.25) is 4.79 Å². The summed E-state index contributed by atoms with van der Waals surface area (Å²) in [5.74, 6) is 1.09. The van der Waals surface area contributed by atoms with E-state index in [9.17, 15) is 4.79 Å². The Bertz CT molecular complexity index is 699. The van der Waals surface area contributed by atoms with E-state index in [0.717, 1.165) is 19.5 Å². The lowest BCUT2D eigenvalue weighted by Gasteiger charge is -2.29. The number of rotatable bonds is 5. The SMILES string of the molecule is CC(C)CC(CC(=O)N1CCOCC1)c1cn(C)c2ccccc12. The Morgan fingerprint density at radius 2 is 1.92 bits per heavy atom. The fraction of sp³-hybridized carbons (Fsp3) is 0.550. The summed E-state index contributed by atoms with van der Waals surface area (Å²) in [4.78, 5) is 14.7. The molecule has 1 fully saturated rings. The van der Waals surface area contributed by atoms with Crippen molar-refractivity contribution in [2.24, 2.45) is 13.0 Å². The molecular formula is C20H28N2O2. The maximum atomic E-state index is 12.8. The molecule has 1 saturated heterocycles. The molecule has 4 nitrogen and oxygen atoms in total. The molecule has 0 N–H and O–H groups in total. The fourth-order valence-electron chi connectivity index (χ4n) is 3.74. The zero-order valence-electron chi connectivity index (χ0n) is 15.0. The van der Waals surface area contributed by atoms with E-state index in [1.54, 1.807) is 0 Å². The van der Waals surface area contributed by atoms with Crippen LogP contribution in [0.1, 0.15) is 38.2 Å². The molecule has 1 unspecified atom stereocenters. The highest BCUT2D eigenvalue weighted by molar-refractivity contribution is 5.85. The number of ether oxygens (including phenoxy) is 1. The van der Waals surface area contributed by atoms with Crippen LogP contribution in [0.5, 0.6) is 0 Å². The van der Waals surface area contributed by atoms with Crippen LogP contribution in [-0.4, -0.2) is 41.7 Å². The van der Waals surface area contributed by atoms with Crippen LogP contribution in [0.25, 0.3) is 10.9 Å². The number of benzene rings is 1. The first-order chi connectivity index (χ1) is 11.6. The number of hydrogen-bond acceptors (Lipinski definition) is 2. The van der Waals surface area contributed by atoms with Gasteiger partial charge >= 0.3 is 0 Å². The highest BCUT2D eigenvalue weighted by Gasteiger charge is 2.25. The minimum absolute atomic E-state index is 0.261. The van der Waals surface area contributed by atoms with Crippen LogP contribution in [-0.2, 0) is 16.6 Å². The number of hydrogen-bond donors (Lipinski definition) is 0. The Morgan fingerprint density at radius 3 is 2.62 bits per heavy atom. The quantitative estimate of drug-likeness (QED) is 0.841. The average molecular weight is 328 g/mol. The van der Waals surface area contributed by atoms with Crippen LogP contribution in [0.3, 0.4) is 0 Å². The second-order valence-corrected chi connectivity index (χ2v) is 7.24. The number of nitrogens with zero attached hydrogens (tertiary/aromatic N) is 2. The summed E-state index contributed by atoms with van der Waals surface area (Å²) >= 11 is 0. The van der Waals surface area contributed by atoms with E-state index in [1.165, 1.54) is 16.5 Å². The van der Waals surface area contributed by atoms with Gasteiger partial charge in [-0.1, -0.05) is 32.0 Å². The highest BCUT2D eigenvalue weighted by atomic mass is 16.5. The molecule has 2 heterocycles. The summed E-state index contributed by atoms with van der Waals surface area (Å²) in [6.45, 7) is 7.24. The summed E-state index contributed by atoms with van der Waals surface area (Å²) < 4.78 is 7.55. The van der Waals surface area contributed by atoms with Gasteiger partial charge in [-0.05, 0) is 29.9 Å². The van der Waals surface area contributed by atoms with Crippen molar-refractivity contribution in [3.8, 4) is 0 Å². The van der Waals surface area contributed by atoms with Crippen LogP contribution in [0.4, 0.5) is 0 Å². The largest absolute Gasteiger partial charge is 0.378 e. The Morgan fingerprint density at radius 1 is 1.21 bits per heavy atom. The molecule has 1 atom stereocenters. The molecule has 2 aromatic rings. The minimum atomic E-state index is 0.261. The molecule has 0 saturated carbocycles. The van der Waals surface area contributed by atoms with Gasteiger partial charge in [-0.2, -0.15) is 0 Å². The number of carbonyl (C=O) groups excluding carboxylic acids is 1. The Kier molecular flexibility index (Phi) is 5.24. The summed E-state index contributed by atoms with van der Waals surface area (Å²) in [5, 5.41) is 1.28. The maximum absolute atomic E-state index is 12.8. The Hall–Kier alpha value is -1.81. The zero-order chi connectivity index (χ0) is 17.1. The number of aromatic nitrogens is 1. The lowest BCUT2D eigenvalue weighted by atomic mass is 9.87. The first kappa shape index (κ1) is 17.0. The van der Waals surface area contributed by atoms with E-state index in [1.807, 2.05) is 4.90 Å². The molecular weight excluding hydrogens is 300 g/mol. The normalized spacial score (nSPS) is 16.8. The van der Waals surface area contributed by atoms with E-state index in [2.05, 4.69) is 55.9 Å². The summed E-state index contributed by atoms with van der Waals surface area (Å²) in [6, 6.07) is 8.48. The van der Waals surface area contributed by atoms with Gasteiger partial charge in [0.2, 0.25) is 5.91 Å². The molecule has 4 heteroatoms. The van der Waals surface area contributed by atoms with Gasteiger partial charge in [-0.15, -0.1) is 0 Å². The molecule has 1 amide bonds. The first-order valence-corrected chi connectivity index (χ1v) is 8.95. The molecule has 3 rings (SSSR count). The van der Waals surface area contributed by atoms with Crippen molar-refractivity contribution < 1.29 is 9.53 Å². The van der Waals surface area contributed by atoms with Gasteiger partial charge in [-0.25, -0.2) is 0 Å². The third kappa shape index (κ3) is 3.64. The third-order valence-corrected chi connectivity index (χ3v) is 4.91. The second-order valence-electron chi connectivity index (χ2n) is 7.24. The number of aryl methyl sites for hydroxylation is 1. The van der Waals surface area contributed by atoms with Crippen LogP contribution in [0, 0.1) is 5.92 Å². The number of carbonyl (C=O) groups is 1. The molecule has 0 aliphatic carbocycles. The van der Waals surface area contributed by atoms with E-state index >= 15 is 0 Å². The van der Waals surface area contributed by atoms with Crippen molar-refractivity contribution in [1.82, 2.24) is 9.47 Å². The summed E-state index contributed by atoms with van der Waals surface area (Å²) in [6.07, 6.45) is 3.83. The molecule has 1 aromatic carbocycles. The van der Waals surface area contributed by atoms with E-state index in [-0.39, 0.29) is 11.8 Å². The van der Waals surface area contributed by atoms with Gasteiger partial charge in [0, 0.05) is 43.7 Å². The van der Waals surface area contributed by atoms with E-state index in [0.29, 0.717) is 25.6 Å². The Balaban J connectivity index is 1.86. The van der Waals surface area contributed by atoms with Crippen molar-refractivity contribution >= 4 is 16.8 Å². The van der Waals surface area contributed by atoms with E-state index in [4.69, 9.17) is 4.74 Å². The van der Waals surface area contributed by atoms with Crippen molar-refractivity contribution in [3.05, 3.63) is 36.0 Å². The highest BCUT2D eigenvalue weighted by Crippen LogP contribution is 2.34. The van der Waals surface area contributed by atoms with Crippen LogP contribution >= 0.6 is 0 Å². The van der Waals surface area contributed by atoms with Gasteiger partial charge in [0.1, 0.15) is 0 Å². The number of morpholine rings is 1. The van der Waals surface area contributed by atoms with Gasteiger partial charge in [0.15, 0.2) is 0 Å². The van der Waals surface area contributed by atoms with Crippen molar-refractivity contribution in [3.63, 3.8) is 0 Å². The number of para-hydroxylation sites is 1. The van der Waals surface area contributed by atoms with Crippen LogP contribution < -0.4 is 0 Å². The maximum Gasteiger partial charge on any atom is 0.223 e. The minimum Gasteiger partial charge on any atom is -0.378 e. The first-order valence-electron chi connectivity index (χ1n) is 8.95. The Labute approximate surface area is 144 Å². The molecule has 0 bridgehead atoms. The number of amides is 1. The average Bonchev–Trinajstić information content (AvgIpc) is 2.92. The van der Waals surface area contributed by atoms with Crippen molar-refractivity contribution in [2.45, 2.75) is 32.6 Å². The molecule has 130 valence electrons. The predicted molar refractivity (Wildman–Crippen MR) is 97.1 cm³/mol. The molecule has 0 spiro atoms. The number of fused-ring (bicyclic) bond motifs is 1. The lowest BCUT2D eigenvalue weighted by Crippen LogP contribution is -2.41. The van der Waals surface area contributed by atoms with E-state index < -0.39 is 0 Å². The summed E-state index contributed by atoms with van der Waals surface area (Å²) in [5.41, 5.74) is 2.54. The molecule has 1 aliphatic heterocycles. The smallest absolute Gasteiger partial charge is 0.223 e. The predicted octanol–water partition coefficient (Wildman–Crippen LogP) is 3.56. The standard InChI is InChI=1S/C20H28N2O2/c1-15(2)12-16(13-20(23)22-8-10-24-11-9-22)18-14-21(3)19-7-5-4-6-17(18)19/h4-7,14-16H,8-13H2,1-3H3. The van der Waals surface area contributed by atoms with Crippen LogP contribution in [0.2, 0.25) is 0 Å². The fourth-order valence-corrected chi connectivity index (χ4v) is 3.74.